The second kappa shape index (κ2) is 12.3. The summed E-state index contributed by atoms with van der Waals surface area (Å²) < 4.78 is 31.7. The van der Waals surface area contributed by atoms with Gasteiger partial charge in [-0.15, -0.1) is 0 Å². The minimum absolute atomic E-state index is 0.0248. The molecule has 2 amide bonds. The number of carbonyl (C=O) groups excluding carboxylic acids is 2. The second-order valence-corrected chi connectivity index (χ2v) is 7.35. The summed E-state index contributed by atoms with van der Waals surface area (Å²) in [6.45, 7) is 10.5. The Labute approximate surface area is 180 Å². The Bertz CT molecular complexity index is 742. The molecular weight excluding hydrogens is 415 g/mol. The molecule has 0 bridgehead atoms. The summed E-state index contributed by atoms with van der Waals surface area (Å²) in [6.07, 6.45) is -3.80. The van der Waals surface area contributed by atoms with Gasteiger partial charge in [0.1, 0.15) is 0 Å². The summed E-state index contributed by atoms with van der Waals surface area (Å²) in [5.74, 6) is -2.59. The zero-order valence-electron chi connectivity index (χ0n) is 18.1. The average molecular weight is 445 g/mol. The highest BCUT2D eigenvalue weighted by Gasteiger charge is 2.38. The van der Waals surface area contributed by atoms with Gasteiger partial charge in [0.2, 0.25) is 5.91 Å². The molecule has 174 valence electrons. The van der Waals surface area contributed by atoms with Crippen LogP contribution in [0.15, 0.2) is 18.2 Å². The molecule has 1 heterocycles. The zero-order valence-corrected chi connectivity index (χ0v) is 18.1. The van der Waals surface area contributed by atoms with Crippen molar-refractivity contribution < 1.29 is 32.7 Å². The SMILES string of the molecule is CCCN(CCC(=O)N1CCNCC1)C(=O)c1cc(C)cc(C)c1.O=C(O)C(F)(F)F. The molecule has 1 saturated heterocycles. The van der Waals surface area contributed by atoms with Crippen molar-refractivity contribution in [2.45, 2.75) is 39.8 Å². The lowest BCUT2D eigenvalue weighted by Gasteiger charge is -2.29. The van der Waals surface area contributed by atoms with Crippen LogP contribution in [0.3, 0.4) is 0 Å². The molecule has 10 heteroatoms. The maximum absolute atomic E-state index is 12.8. The number of aliphatic carboxylic acids is 1. The number of piperazine rings is 1. The van der Waals surface area contributed by atoms with E-state index in [1.807, 2.05) is 35.8 Å². The van der Waals surface area contributed by atoms with Crippen molar-refractivity contribution in [1.82, 2.24) is 15.1 Å². The number of halogens is 3. The summed E-state index contributed by atoms with van der Waals surface area (Å²) in [5.41, 5.74) is 2.90. The number of aryl methyl sites for hydroxylation is 2. The number of hydrogen-bond donors (Lipinski definition) is 2. The van der Waals surface area contributed by atoms with Gasteiger partial charge in [-0.2, -0.15) is 13.2 Å². The van der Waals surface area contributed by atoms with Crippen molar-refractivity contribution in [2.75, 3.05) is 39.3 Å². The number of nitrogens with zero attached hydrogens (tertiary/aromatic N) is 2. The Hall–Kier alpha value is -2.62. The van der Waals surface area contributed by atoms with Crippen molar-refractivity contribution in [1.29, 1.82) is 0 Å². The third kappa shape index (κ3) is 9.37. The summed E-state index contributed by atoms with van der Waals surface area (Å²) in [5, 5.41) is 10.4. The van der Waals surface area contributed by atoms with Gasteiger partial charge in [0, 0.05) is 51.3 Å². The van der Waals surface area contributed by atoms with E-state index in [1.54, 1.807) is 0 Å². The lowest BCUT2D eigenvalue weighted by atomic mass is 10.1. The van der Waals surface area contributed by atoms with Gasteiger partial charge >= 0.3 is 12.1 Å². The molecule has 1 aliphatic rings. The maximum Gasteiger partial charge on any atom is 0.490 e. The van der Waals surface area contributed by atoms with Crippen LogP contribution in [-0.4, -0.2) is 78.1 Å². The lowest BCUT2D eigenvalue weighted by Crippen LogP contribution is -2.47. The van der Waals surface area contributed by atoms with Crippen molar-refractivity contribution in [2.24, 2.45) is 0 Å². The number of alkyl halides is 3. The van der Waals surface area contributed by atoms with Crippen LogP contribution in [-0.2, 0) is 9.59 Å². The van der Waals surface area contributed by atoms with Crippen molar-refractivity contribution >= 4 is 17.8 Å². The van der Waals surface area contributed by atoms with E-state index in [1.165, 1.54) is 0 Å². The number of nitrogens with one attached hydrogen (secondary N) is 1. The van der Waals surface area contributed by atoms with Crippen LogP contribution in [0.1, 0.15) is 41.3 Å². The first-order valence-electron chi connectivity index (χ1n) is 10.1. The molecule has 2 N–H and O–H groups in total. The highest BCUT2D eigenvalue weighted by Crippen LogP contribution is 2.14. The molecule has 0 radical (unpaired) electrons. The van der Waals surface area contributed by atoms with E-state index in [2.05, 4.69) is 18.3 Å². The molecule has 1 fully saturated rings. The summed E-state index contributed by atoms with van der Waals surface area (Å²) >= 11 is 0. The van der Waals surface area contributed by atoms with E-state index in [4.69, 9.17) is 9.90 Å². The molecule has 0 spiro atoms. The number of amides is 2. The molecule has 2 rings (SSSR count). The molecule has 0 atom stereocenters. The second-order valence-electron chi connectivity index (χ2n) is 7.35. The van der Waals surface area contributed by atoms with Crippen LogP contribution < -0.4 is 5.32 Å². The number of benzene rings is 1. The summed E-state index contributed by atoms with van der Waals surface area (Å²) in [7, 11) is 0. The van der Waals surface area contributed by atoms with Crippen molar-refractivity contribution in [3.05, 3.63) is 34.9 Å². The highest BCUT2D eigenvalue weighted by atomic mass is 19.4. The minimum Gasteiger partial charge on any atom is -0.475 e. The standard InChI is InChI=1S/C19H29N3O2.C2HF3O2/c1-4-8-22(9-5-18(23)21-10-6-20-7-11-21)19(24)17-13-15(2)12-16(3)14-17;3-2(4,5)1(6)7/h12-14,20H,4-11H2,1-3H3;(H,6,7). The quantitative estimate of drug-likeness (QED) is 0.703. The van der Waals surface area contributed by atoms with E-state index in [-0.39, 0.29) is 11.8 Å². The van der Waals surface area contributed by atoms with Gasteiger partial charge in [0.15, 0.2) is 0 Å². The number of carboxylic acids is 1. The maximum atomic E-state index is 12.8. The van der Waals surface area contributed by atoms with Gasteiger partial charge in [-0.3, -0.25) is 9.59 Å². The zero-order chi connectivity index (χ0) is 23.6. The number of hydrogen-bond acceptors (Lipinski definition) is 4. The van der Waals surface area contributed by atoms with Crippen molar-refractivity contribution in [3.63, 3.8) is 0 Å². The molecule has 1 aliphatic heterocycles. The van der Waals surface area contributed by atoms with E-state index >= 15 is 0 Å². The van der Waals surface area contributed by atoms with Gasteiger partial charge in [0.25, 0.3) is 5.91 Å². The first kappa shape index (κ1) is 26.4. The molecule has 0 unspecified atom stereocenters. The summed E-state index contributed by atoms with van der Waals surface area (Å²) in [4.78, 5) is 37.8. The molecule has 0 saturated carbocycles. The Morgan fingerprint density at radius 3 is 2.03 bits per heavy atom. The molecule has 1 aromatic rings. The van der Waals surface area contributed by atoms with E-state index in [9.17, 15) is 22.8 Å². The van der Waals surface area contributed by atoms with Gasteiger partial charge in [0.05, 0.1) is 0 Å². The first-order valence-corrected chi connectivity index (χ1v) is 10.1. The fourth-order valence-electron chi connectivity index (χ4n) is 3.17. The molecule has 0 aromatic heterocycles. The third-order valence-corrected chi connectivity index (χ3v) is 4.56. The molecule has 0 aliphatic carbocycles. The van der Waals surface area contributed by atoms with Crippen molar-refractivity contribution in [3.8, 4) is 0 Å². The lowest BCUT2D eigenvalue weighted by molar-refractivity contribution is -0.192. The highest BCUT2D eigenvalue weighted by molar-refractivity contribution is 5.95. The number of carboxylic acid groups (broad SMARTS) is 1. The monoisotopic (exact) mass is 445 g/mol. The van der Waals surface area contributed by atoms with Gasteiger partial charge in [-0.25, -0.2) is 4.79 Å². The first-order chi connectivity index (χ1) is 14.5. The van der Waals surface area contributed by atoms with Crippen LogP contribution >= 0.6 is 0 Å². The Morgan fingerprint density at radius 1 is 1.06 bits per heavy atom. The molecule has 1 aromatic carbocycles. The topological polar surface area (TPSA) is 90.0 Å². The Morgan fingerprint density at radius 2 is 1.58 bits per heavy atom. The minimum atomic E-state index is -5.08. The van der Waals surface area contributed by atoms with Gasteiger partial charge in [-0.1, -0.05) is 24.1 Å². The smallest absolute Gasteiger partial charge is 0.475 e. The fourth-order valence-corrected chi connectivity index (χ4v) is 3.17. The number of carbonyl (C=O) groups is 3. The van der Waals surface area contributed by atoms with Gasteiger partial charge in [-0.05, 0) is 32.4 Å². The van der Waals surface area contributed by atoms with E-state index in [0.717, 1.165) is 49.3 Å². The van der Waals surface area contributed by atoms with Gasteiger partial charge < -0.3 is 20.2 Å². The largest absolute Gasteiger partial charge is 0.490 e. The van der Waals surface area contributed by atoms with E-state index < -0.39 is 12.1 Å². The van der Waals surface area contributed by atoms with Crippen LogP contribution in [0.5, 0.6) is 0 Å². The normalized spacial score (nSPS) is 13.8. The predicted octanol–water partition coefficient (Wildman–Crippen LogP) is 2.61. The third-order valence-electron chi connectivity index (χ3n) is 4.56. The van der Waals surface area contributed by atoms with Crippen LogP contribution in [0.25, 0.3) is 0 Å². The van der Waals surface area contributed by atoms with Crippen LogP contribution in [0, 0.1) is 13.8 Å². The number of rotatable bonds is 6. The van der Waals surface area contributed by atoms with Crippen LogP contribution in [0.4, 0.5) is 13.2 Å². The fraction of sp³-hybridized carbons (Fsp3) is 0.571. The Kier molecular flexibility index (Phi) is 10.5. The molecule has 7 nitrogen and oxygen atoms in total. The molecule has 31 heavy (non-hydrogen) atoms. The summed E-state index contributed by atoms with van der Waals surface area (Å²) in [6, 6.07) is 5.92. The van der Waals surface area contributed by atoms with E-state index in [0.29, 0.717) is 19.5 Å². The molecular formula is C21H30F3N3O4. The predicted molar refractivity (Wildman–Crippen MR) is 110 cm³/mol. The average Bonchev–Trinajstić information content (AvgIpc) is 2.70. The van der Waals surface area contributed by atoms with Crippen LogP contribution in [0.2, 0.25) is 0 Å². The Balaban J connectivity index is 0.000000592.